The minimum atomic E-state index is -0.0363. The van der Waals surface area contributed by atoms with Gasteiger partial charge in [-0.05, 0) is 19.4 Å². The number of aromatic nitrogens is 2. The lowest BCUT2D eigenvalue weighted by Crippen LogP contribution is -2.24. The quantitative estimate of drug-likeness (QED) is 0.945. The van der Waals surface area contributed by atoms with Crippen LogP contribution in [0.25, 0.3) is 0 Å². The second-order valence-electron chi connectivity index (χ2n) is 6.37. The molecule has 0 unspecified atom stereocenters. The van der Waals surface area contributed by atoms with Crippen molar-refractivity contribution in [2.24, 2.45) is 0 Å². The smallest absolute Gasteiger partial charge is 0.274 e. The fourth-order valence-electron chi connectivity index (χ4n) is 3.12. The molecule has 1 N–H and O–H groups in total. The molecule has 22 heavy (non-hydrogen) atoms. The molecule has 1 amide bonds. The van der Waals surface area contributed by atoms with Crippen molar-refractivity contribution < 1.29 is 4.79 Å². The molecule has 0 spiro atoms. The Labute approximate surface area is 130 Å². The first-order chi connectivity index (χ1) is 10.4. The van der Waals surface area contributed by atoms with Crippen molar-refractivity contribution in [1.82, 2.24) is 20.0 Å². The summed E-state index contributed by atoms with van der Waals surface area (Å²) in [5.74, 6) is -0.0363. The second kappa shape index (κ2) is 5.57. The number of fused-ring (bicyclic) bond motifs is 1. The number of hydrogen-bond donors (Lipinski definition) is 1. The van der Waals surface area contributed by atoms with E-state index < -0.39 is 0 Å². The van der Waals surface area contributed by atoms with Crippen LogP contribution >= 0.6 is 0 Å². The van der Waals surface area contributed by atoms with Crippen LogP contribution in [0, 0.1) is 13.8 Å². The Morgan fingerprint density at radius 1 is 1.23 bits per heavy atom. The first-order valence-corrected chi connectivity index (χ1v) is 7.51. The number of aromatic amines is 1. The molecule has 1 aromatic heterocycles. The minimum absolute atomic E-state index is 0.0363. The average molecular weight is 298 g/mol. The van der Waals surface area contributed by atoms with Crippen molar-refractivity contribution in [3.63, 3.8) is 0 Å². The number of amides is 1. The van der Waals surface area contributed by atoms with E-state index in [2.05, 4.69) is 47.1 Å². The Morgan fingerprint density at radius 2 is 1.91 bits per heavy atom. The van der Waals surface area contributed by atoms with Gasteiger partial charge < -0.3 is 4.90 Å². The van der Waals surface area contributed by atoms with Crippen molar-refractivity contribution in [1.29, 1.82) is 0 Å². The number of rotatable bonds is 3. The van der Waals surface area contributed by atoms with E-state index in [9.17, 15) is 4.79 Å². The summed E-state index contributed by atoms with van der Waals surface area (Å²) in [6.45, 7) is 6.73. The van der Waals surface area contributed by atoms with E-state index in [0.29, 0.717) is 5.69 Å². The van der Waals surface area contributed by atoms with E-state index in [1.807, 2.05) is 0 Å². The molecule has 1 aliphatic rings. The fraction of sp³-hybridized carbons (Fsp3) is 0.412. The Kier molecular flexibility index (Phi) is 3.74. The first-order valence-electron chi connectivity index (χ1n) is 7.51. The van der Waals surface area contributed by atoms with E-state index in [-0.39, 0.29) is 5.91 Å². The zero-order valence-corrected chi connectivity index (χ0v) is 13.6. The predicted octanol–water partition coefficient (Wildman–Crippen LogP) is 2.24. The molecule has 0 saturated heterocycles. The van der Waals surface area contributed by atoms with Gasteiger partial charge in [-0.15, -0.1) is 0 Å². The van der Waals surface area contributed by atoms with E-state index >= 15 is 0 Å². The first kappa shape index (κ1) is 14.8. The molecule has 0 radical (unpaired) electrons. The molecule has 0 aliphatic carbocycles. The van der Waals surface area contributed by atoms with Gasteiger partial charge >= 0.3 is 0 Å². The number of carbonyl (C=O) groups excluding carboxylic acids is 1. The van der Waals surface area contributed by atoms with Gasteiger partial charge in [0.15, 0.2) is 5.69 Å². The molecule has 116 valence electrons. The third-order valence-corrected chi connectivity index (χ3v) is 4.01. The van der Waals surface area contributed by atoms with E-state index in [1.54, 1.807) is 19.0 Å². The van der Waals surface area contributed by atoms with Gasteiger partial charge in [-0.2, -0.15) is 5.10 Å². The molecule has 5 heteroatoms. The number of hydrogen-bond acceptors (Lipinski definition) is 3. The van der Waals surface area contributed by atoms with E-state index in [4.69, 9.17) is 0 Å². The second-order valence-corrected chi connectivity index (χ2v) is 6.37. The summed E-state index contributed by atoms with van der Waals surface area (Å²) in [5, 5.41) is 7.21. The van der Waals surface area contributed by atoms with Gasteiger partial charge in [-0.1, -0.05) is 29.3 Å². The van der Waals surface area contributed by atoms with Crippen LogP contribution < -0.4 is 0 Å². The highest BCUT2D eigenvalue weighted by molar-refractivity contribution is 5.93. The van der Waals surface area contributed by atoms with Gasteiger partial charge in [0.1, 0.15) is 0 Å². The highest BCUT2D eigenvalue weighted by atomic mass is 16.2. The molecule has 2 aromatic rings. The molecule has 1 aliphatic heterocycles. The van der Waals surface area contributed by atoms with Crippen LogP contribution in [0.15, 0.2) is 18.2 Å². The summed E-state index contributed by atoms with van der Waals surface area (Å²) in [4.78, 5) is 16.1. The maximum absolute atomic E-state index is 12.1. The van der Waals surface area contributed by atoms with Crippen LogP contribution in [-0.2, 0) is 19.6 Å². The van der Waals surface area contributed by atoms with Crippen LogP contribution in [0.2, 0.25) is 0 Å². The summed E-state index contributed by atoms with van der Waals surface area (Å²) < 4.78 is 0. The number of H-pyrrole nitrogens is 1. The standard InChI is InChI=1S/C17H22N4O/c1-11-5-12(2)7-13(6-11)8-21-9-14-15(10-21)18-19-16(14)17(22)20(3)4/h5-7H,8-10H2,1-4H3,(H,18,19). The van der Waals surface area contributed by atoms with Crippen molar-refractivity contribution in [3.05, 3.63) is 51.8 Å². The zero-order valence-electron chi connectivity index (χ0n) is 13.6. The highest BCUT2D eigenvalue weighted by Crippen LogP contribution is 2.26. The molecule has 3 rings (SSSR count). The van der Waals surface area contributed by atoms with Crippen LogP contribution in [0.5, 0.6) is 0 Å². The van der Waals surface area contributed by atoms with Gasteiger partial charge in [0, 0.05) is 39.3 Å². The van der Waals surface area contributed by atoms with Gasteiger partial charge in [0.25, 0.3) is 5.91 Å². The third kappa shape index (κ3) is 2.76. The summed E-state index contributed by atoms with van der Waals surface area (Å²) in [6, 6.07) is 6.64. The maximum Gasteiger partial charge on any atom is 0.274 e. The predicted molar refractivity (Wildman–Crippen MR) is 85.5 cm³/mol. The molecular weight excluding hydrogens is 276 g/mol. The Morgan fingerprint density at radius 3 is 2.55 bits per heavy atom. The molecule has 1 aromatic carbocycles. The van der Waals surface area contributed by atoms with E-state index in [1.165, 1.54) is 16.7 Å². The van der Waals surface area contributed by atoms with Gasteiger partial charge in [-0.3, -0.25) is 14.8 Å². The third-order valence-electron chi connectivity index (χ3n) is 4.01. The number of nitrogens with zero attached hydrogens (tertiary/aromatic N) is 3. The topological polar surface area (TPSA) is 52.2 Å². The number of carbonyl (C=O) groups is 1. The lowest BCUT2D eigenvalue weighted by Gasteiger charge is -2.16. The van der Waals surface area contributed by atoms with Gasteiger partial charge in [0.2, 0.25) is 0 Å². The summed E-state index contributed by atoms with van der Waals surface area (Å²) in [7, 11) is 3.51. The van der Waals surface area contributed by atoms with Gasteiger partial charge in [-0.25, -0.2) is 0 Å². The summed E-state index contributed by atoms with van der Waals surface area (Å²) in [6.07, 6.45) is 0. The lowest BCUT2D eigenvalue weighted by molar-refractivity contribution is 0.0820. The molecule has 0 atom stereocenters. The Bertz CT molecular complexity index is 697. The molecule has 5 nitrogen and oxygen atoms in total. The normalized spacial score (nSPS) is 14.2. The van der Waals surface area contributed by atoms with Crippen LogP contribution in [-0.4, -0.2) is 40.0 Å². The molecule has 0 bridgehead atoms. The summed E-state index contributed by atoms with van der Waals surface area (Å²) in [5.41, 5.74) is 6.56. The monoisotopic (exact) mass is 298 g/mol. The van der Waals surface area contributed by atoms with Crippen molar-refractivity contribution in [2.45, 2.75) is 33.5 Å². The molecular formula is C17H22N4O. The van der Waals surface area contributed by atoms with Crippen molar-refractivity contribution in [3.8, 4) is 0 Å². The van der Waals surface area contributed by atoms with Gasteiger partial charge in [0.05, 0.1) is 5.69 Å². The zero-order chi connectivity index (χ0) is 15.9. The van der Waals surface area contributed by atoms with Crippen molar-refractivity contribution >= 4 is 5.91 Å². The van der Waals surface area contributed by atoms with Crippen LogP contribution in [0.1, 0.15) is 38.4 Å². The molecule has 0 saturated carbocycles. The van der Waals surface area contributed by atoms with E-state index in [0.717, 1.165) is 30.9 Å². The number of nitrogens with one attached hydrogen (secondary N) is 1. The van der Waals surface area contributed by atoms with Crippen LogP contribution in [0.4, 0.5) is 0 Å². The Hall–Kier alpha value is -2.14. The summed E-state index contributed by atoms with van der Waals surface area (Å²) >= 11 is 0. The maximum atomic E-state index is 12.1. The van der Waals surface area contributed by atoms with Crippen molar-refractivity contribution in [2.75, 3.05) is 14.1 Å². The lowest BCUT2D eigenvalue weighted by atomic mass is 10.1. The Balaban J connectivity index is 1.76. The molecule has 2 heterocycles. The minimum Gasteiger partial charge on any atom is -0.343 e. The molecule has 0 fully saturated rings. The highest BCUT2D eigenvalue weighted by Gasteiger charge is 2.28. The number of benzene rings is 1. The SMILES string of the molecule is Cc1cc(C)cc(CN2Cc3[nH]nc(C(=O)N(C)C)c3C2)c1. The largest absolute Gasteiger partial charge is 0.343 e. The van der Waals surface area contributed by atoms with Crippen LogP contribution in [0.3, 0.4) is 0 Å². The fourth-order valence-corrected chi connectivity index (χ4v) is 3.12. The average Bonchev–Trinajstić information content (AvgIpc) is 2.96. The number of aryl methyl sites for hydroxylation is 2.